The molecule has 2 aliphatic heterocycles. The van der Waals surface area contributed by atoms with Gasteiger partial charge in [0.25, 0.3) is 0 Å². The van der Waals surface area contributed by atoms with Gasteiger partial charge >= 0.3 is 0 Å². The lowest BCUT2D eigenvalue weighted by atomic mass is 10.1. The van der Waals surface area contributed by atoms with Gasteiger partial charge in [0.2, 0.25) is 5.91 Å². The molecule has 1 aromatic carbocycles. The summed E-state index contributed by atoms with van der Waals surface area (Å²) in [6, 6.07) is 10.3. The number of nitrogens with zero attached hydrogens (tertiary/aromatic N) is 2. The number of nitrogens with one attached hydrogen (secondary N) is 4. The van der Waals surface area contributed by atoms with Crippen molar-refractivity contribution in [3.8, 4) is 0 Å². The van der Waals surface area contributed by atoms with Crippen LogP contribution in [0.1, 0.15) is 12.0 Å². The molecule has 4 N–H and O–H groups in total. The summed E-state index contributed by atoms with van der Waals surface area (Å²) >= 11 is 0. The fraction of sp³-hybridized carbons (Fsp3) is 0.522. The third kappa shape index (κ3) is 8.28. The van der Waals surface area contributed by atoms with Gasteiger partial charge in [0, 0.05) is 90.0 Å². The Labute approximate surface area is 180 Å². The molecule has 0 bridgehead atoms. The molecule has 0 aliphatic carbocycles. The zero-order valence-electron chi connectivity index (χ0n) is 17.9. The van der Waals surface area contributed by atoms with Crippen LogP contribution in [0.3, 0.4) is 0 Å². The van der Waals surface area contributed by atoms with Gasteiger partial charge in [0.05, 0.1) is 0 Å². The molecule has 1 aromatic rings. The molecule has 0 unspecified atom stereocenters. The molecule has 3 rings (SSSR count). The molecular formula is C23H36N6O. The summed E-state index contributed by atoms with van der Waals surface area (Å²) in [4.78, 5) is 17.1. The van der Waals surface area contributed by atoms with E-state index in [0.717, 1.165) is 71.0 Å². The Bertz CT molecular complexity index is 678. The molecule has 1 amide bonds. The minimum absolute atomic E-state index is 0.0362. The Hall–Kier alpha value is -2.19. The Morgan fingerprint density at radius 1 is 0.933 bits per heavy atom. The van der Waals surface area contributed by atoms with E-state index in [0.29, 0.717) is 13.0 Å². The summed E-state index contributed by atoms with van der Waals surface area (Å²) in [6.45, 7) is 10.2. The molecule has 0 aromatic heterocycles. The molecule has 2 aliphatic rings. The van der Waals surface area contributed by atoms with Crippen LogP contribution in [0.25, 0.3) is 0 Å². The Balaban J connectivity index is 1.42. The molecule has 1 saturated heterocycles. The average Bonchev–Trinajstić information content (AvgIpc) is 2.76. The first-order valence-corrected chi connectivity index (χ1v) is 11.1. The number of carbonyl (C=O) groups excluding carboxylic acids is 1. The van der Waals surface area contributed by atoms with Crippen molar-refractivity contribution in [2.45, 2.75) is 13.0 Å². The highest BCUT2D eigenvalue weighted by Crippen LogP contribution is 2.15. The van der Waals surface area contributed by atoms with Crippen LogP contribution in [0.5, 0.6) is 0 Å². The van der Waals surface area contributed by atoms with Crippen LogP contribution in [0.2, 0.25) is 0 Å². The number of allylic oxidation sites excluding steroid dienone is 1. The average molecular weight is 413 g/mol. The van der Waals surface area contributed by atoms with E-state index in [9.17, 15) is 4.79 Å². The van der Waals surface area contributed by atoms with Crippen molar-refractivity contribution in [3.05, 3.63) is 59.9 Å². The van der Waals surface area contributed by atoms with Gasteiger partial charge in [0.15, 0.2) is 0 Å². The third-order valence-corrected chi connectivity index (χ3v) is 5.34. The van der Waals surface area contributed by atoms with Gasteiger partial charge in [-0.3, -0.25) is 9.69 Å². The van der Waals surface area contributed by atoms with Crippen molar-refractivity contribution in [2.24, 2.45) is 0 Å². The maximum absolute atomic E-state index is 12.7. The lowest BCUT2D eigenvalue weighted by Crippen LogP contribution is -2.44. The molecule has 0 radical (unpaired) electrons. The summed E-state index contributed by atoms with van der Waals surface area (Å²) in [7, 11) is 0. The van der Waals surface area contributed by atoms with Crippen molar-refractivity contribution < 1.29 is 4.79 Å². The topological polar surface area (TPSA) is 71.7 Å². The van der Waals surface area contributed by atoms with Crippen LogP contribution in [-0.4, -0.2) is 81.2 Å². The molecular weight excluding hydrogens is 376 g/mol. The minimum Gasteiger partial charge on any atom is -0.351 e. The molecule has 1 fully saturated rings. The first kappa shape index (κ1) is 22.5. The highest BCUT2D eigenvalue weighted by molar-refractivity contribution is 5.93. The number of amides is 1. The molecule has 7 heteroatoms. The van der Waals surface area contributed by atoms with E-state index < -0.39 is 0 Å². The summed E-state index contributed by atoms with van der Waals surface area (Å²) in [5.41, 5.74) is 2.05. The number of carbonyl (C=O) groups is 1. The maximum atomic E-state index is 12.7. The SMILES string of the molecule is O=C(NCCN1CCNCCNCCNCC1)C1=CN(Cc2ccccc2)C=CC1. The lowest BCUT2D eigenvalue weighted by molar-refractivity contribution is -0.117. The van der Waals surface area contributed by atoms with Gasteiger partial charge in [-0.05, 0) is 12.0 Å². The number of benzene rings is 1. The summed E-state index contributed by atoms with van der Waals surface area (Å²) in [5.74, 6) is 0.0362. The summed E-state index contributed by atoms with van der Waals surface area (Å²) < 4.78 is 0. The van der Waals surface area contributed by atoms with E-state index in [1.54, 1.807) is 0 Å². The third-order valence-electron chi connectivity index (χ3n) is 5.34. The van der Waals surface area contributed by atoms with Crippen LogP contribution in [-0.2, 0) is 11.3 Å². The van der Waals surface area contributed by atoms with Crippen molar-refractivity contribution in [1.82, 2.24) is 31.1 Å². The van der Waals surface area contributed by atoms with E-state index >= 15 is 0 Å². The van der Waals surface area contributed by atoms with Gasteiger partial charge in [-0.2, -0.15) is 0 Å². The Morgan fingerprint density at radius 2 is 1.60 bits per heavy atom. The molecule has 30 heavy (non-hydrogen) atoms. The van der Waals surface area contributed by atoms with E-state index in [-0.39, 0.29) is 5.91 Å². The van der Waals surface area contributed by atoms with Crippen LogP contribution in [0.4, 0.5) is 0 Å². The van der Waals surface area contributed by atoms with Gasteiger partial charge < -0.3 is 26.2 Å². The fourth-order valence-corrected chi connectivity index (χ4v) is 3.63. The Morgan fingerprint density at radius 3 is 2.30 bits per heavy atom. The van der Waals surface area contributed by atoms with E-state index in [1.807, 2.05) is 24.4 Å². The molecule has 0 atom stereocenters. The van der Waals surface area contributed by atoms with Gasteiger partial charge in [-0.25, -0.2) is 0 Å². The quantitative estimate of drug-likeness (QED) is 0.545. The van der Waals surface area contributed by atoms with Crippen LogP contribution in [0.15, 0.2) is 54.4 Å². The van der Waals surface area contributed by atoms with Gasteiger partial charge in [-0.1, -0.05) is 36.4 Å². The second kappa shape index (κ2) is 13.2. The van der Waals surface area contributed by atoms with E-state index in [1.165, 1.54) is 5.56 Å². The van der Waals surface area contributed by atoms with Crippen molar-refractivity contribution in [3.63, 3.8) is 0 Å². The second-order valence-corrected chi connectivity index (χ2v) is 7.75. The predicted octanol–water partition coefficient (Wildman–Crippen LogP) is 0.491. The molecule has 164 valence electrons. The Kier molecular flexibility index (Phi) is 9.88. The highest BCUT2D eigenvalue weighted by atomic mass is 16.1. The summed E-state index contributed by atoms with van der Waals surface area (Å²) in [5, 5.41) is 13.5. The largest absolute Gasteiger partial charge is 0.351 e. The molecule has 7 nitrogen and oxygen atoms in total. The first-order chi connectivity index (χ1) is 14.8. The zero-order valence-corrected chi connectivity index (χ0v) is 17.9. The smallest absolute Gasteiger partial charge is 0.249 e. The molecule has 0 spiro atoms. The predicted molar refractivity (Wildman–Crippen MR) is 122 cm³/mol. The first-order valence-electron chi connectivity index (χ1n) is 11.1. The maximum Gasteiger partial charge on any atom is 0.249 e. The second-order valence-electron chi connectivity index (χ2n) is 7.75. The zero-order chi connectivity index (χ0) is 20.9. The van der Waals surface area contributed by atoms with E-state index in [2.05, 4.69) is 55.5 Å². The molecule has 2 heterocycles. The lowest BCUT2D eigenvalue weighted by Gasteiger charge is -2.24. The van der Waals surface area contributed by atoms with Crippen molar-refractivity contribution in [2.75, 3.05) is 65.4 Å². The van der Waals surface area contributed by atoms with Crippen LogP contribution in [0, 0.1) is 0 Å². The van der Waals surface area contributed by atoms with Crippen LogP contribution >= 0.6 is 0 Å². The normalized spacial score (nSPS) is 19.5. The fourth-order valence-electron chi connectivity index (χ4n) is 3.63. The monoisotopic (exact) mass is 412 g/mol. The van der Waals surface area contributed by atoms with Crippen molar-refractivity contribution >= 4 is 5.91 Å². The highest BCUT2D eigenvalue weighted by Gasteiger charge is 2.14. The molecule has 0 saturated carbocycles. The van der Waals surface area contributed by atoms with Crippen LogP contribution < -0.4 is 21.3 Å². The summed E-state index contributed by atoms with van der Waals surface area (Å²) in [6.07, 6.45) is 6.76. The van der Waals surface area contributed by atoms with Crippen molar-refractivity contribution in [1.29, 1.82) is 0 Å². The minimum atomic E-state index is 0.0362. The number of rotatable bonds is 6. The number of hydrogen-bond donors (Lipinski definition) is 4. The van der Waals surface area contributed by atoms with Gasteiger partial charge in [-0.15, -0.1) is 0 Å². The number of hydrogen-bond acceptors (Lipinski definition) is 6. The van der Waals surface area contributed by atoms with E-state index in [4.69, 9.17) is 0 Å². The standard InChI is InChI=1S/C23H36N6O/c30-23(22-7-4-15-29(20-22)19-21-5-2-1-3-6-21)27-14-18-28-16-12-25-10-8-24-9-11-26-13-17-28/h1-6,15,20,24-26H,7-14,16-19H2,(H,27,30). The van der Waals surface area contributed by atoms with Gasteiger partial charge in [0.1, 0.15) is 0 Å².